The van der Waals surface area contributed by atoms with E-state index in [1.165, 1.54) is 11.1 Å². The normalized spacial score (nSPS) is 20.0. The molecule has 0 radical (unpaired) electrons. The van der Waals surface area contributed by atoms with E-state index in [9.17, 15) is 10.1 Å². The smallest absolute Gasteiger partial charge is 0.134 e. The number of Topliss-reactive ketones (excluding diaryl/α,β-unsaturated/α-hetero) is 1. The molecule has 1 atom stereocenters. The van der Waals surface area contributed by atoms with Gasteiger partial charge in [0.25, 0.3) is 0 Å². The molecule has 4 rings (SSSR count). The average molecular weight is 358 g/mol. The SMILES string of the molecule is N#CC(c1ccccc1)C1CCN(Cc2ccc(C3CC(=O)C3)cc2)CC1. The van der Waals surface area contributed by atoms with Crippen LogP contribution in [0.4, 0.5) is 0 Å². The summed E-state index contributed by atoms with van der Waals surface area (Å²) in [6, 6.07) is 21.6. The fourth-order valence-electron chi connectivity index (χ4n) is 4.44. The van der Waals surface area contributed by atoms with Crippen LogP contribution in [-0.4, -0.2) is 23.8 Å². The van der Waals surface area contributed by atoms with Gasteiger partial charge in [0, 0.05) is 19.4 Å². The van der Waals surface area contributed by atoms with E-state index < -0.39 is 0 Å². The molecule has 2 aromatic carbocycles. The Hall–Kier alpha value is -2.44. The molecule has 3 heteroatoms. The molecule has 3 nitrogen and oxygen atoms in total. The van der Waals surface area contributed by atoms with E-state index in [1.807, 2.05) is 18.2 Å². The molecule has 27 heavy (non-hydrogen) atoms. The lowest BCUT2D eigenvalue weighted by molar-refractivity contribution is -0.124. The maximum atomic E-state index is 11.2. The number of ketones is 1. The molecule has 0 aromatic heterocycles. The Morgan fingerprint density at radius 2 is 1.67 bits per heavy atom. The van der Waals surface area contributed by atoms with Crippen LogP contribution in [0.5, 0.6) is 0 Å². The second kappa shape index (κ2) is 8.06. The third kappa shape index (κ3) is 4.12. The number of rotatable bonds is 5. The van der Waals surface area contributed by atoms with Crippen LogP contribution in [-0.2, 0) is 11.3 Å². The van der Waals surface area contributed by atoms with Crippen LogP contribution in [0.25, 0.3) is 0 Å². The molecule has 2 aromatic rings. The van der Waals surface area contributed by atoms with Crippen molar-refractivity contribution in [1.82, 2.24) is 4.90 Å². The predicted octanol–water partition coefficient (Wildman–Crippen LogP) is 4.65. The third-order valence-electron chi connectivity index (χ3n) is 6.21. The molecule has 1 aliphatic heterocycles. The summed E-state index contributed by atoms with van der Waals surface area (Å²) in [5.41, 5.74) is 3.79. The highest BCUT2D eigenvalue weighted by Gasteiger charge is 2.29. The molecule has 0 spiro atoms. The summed E-state index contributed by atoms with van der Waals surface area (Å²) in [6.07, 6.45) is 3.59. The lowest BCUT2D eigenvalue weighted by atomic mass is 9.79. The minimum atomic E-state index is 0.0119. The molecule has 1 heterocycles. The van der Waals surface area contributed by atoms with Crippen LogP contribution in [0.3, 0.4) is 0 Å². The highest BCUT2D eigenvalue weighted by atomic mass is 16.1. The number of benzene rings is 2. The van der Waals surface area contributed by atoms with Gasteiger partial charge < -0.3 is 0 Å². The first-order chi connectivity index (χ1) is 13.2. The highest BCUT2D eigenvalue weighted by Crippen LogP contribution is 2.34. The van der Waals surface area contributed by atoms with Gasteiger partial charge in [0.15, 0.2) is 0 Å². The predicted molar refractivity (Wildman–Crippen MR) is 106 cm³/mol. The second-order valence-corrected chi connectivity index (χ2v) is 8.02. The van der Waals surface area contributed by atoms with Gasteiger partial charge in [-0.3, -0.25) is 9.69 Å². The molecule has 0 bridgehead atoms. The molecule has 2 aliphatic rings. The van der Waals surface area contributed by atoms with Crippen molar-refractivity contribution in [1.29, 1.82) is 5.26 Å². The van der Waals surface area contributed by atoms with Crippen LogP contribution >= 0.6 is 0 Å². The number of carbonyl (C=O) groups excluding carboxylic acids is 1. The molecule has 138 valence electrons. The summed E-state index contributed by atoms with van der Waals surface area (Å²) >= 11 is 0. The molecule has 0 amide bonds. The van der Waals surface area contributed by atoms with E-state index in [2.05, 4.69) is 47.4 Å². The third-order valence-corrected chi connectivity index (χ3v) is 6.21. The van der Waals surface area contributed by atoms with Crippen LogP contribution < -0.4 is 0 Å². The van der Waals surface area contributed by atoms with E-state index in [0.29, 0.717) is 30.5 Å². The van der Waals surface area contributed by atoms with Crippen molar-refractivity contribution in [3.05, 3.63) is 71.3 Å². The van der Waals surface area contributed by atoms with E-state index in [0.717, 1.165) is 38.0 Å². The average Bonchev–Trinajstić information content (AvgIpc) is 2.69. The van der Waals surface area contributed by atoms with Crippen LogP contribution in [0, 0.1) is 17.2 Å². The molecule has 2 fully saturated rings. The van der Waals surface area contributed by atoms with Crippen molar-refractivity contribution < 1.29 is 4.79 Å². The first-order valence-corrected chi connectivity index (χ1v) is 10.0. The van der Waals surface area contributed by atoms with Gasteiger partial charge in [-0.1, -0.05) is 54.6 Å². The largest absolute Gasteiger partial charge is 0.300 e. The van der Waals surface area contributed by atoms with Crippen LogP contribution in [0.15, 0.2) is 54.6 Å². The van der Waals surface area contributed by atoms with Crippen molar-refractivity contribution in [2.24, 2.45) is 5.92 Å². The molecule has 1 saturated heterocycles. The molecule has 1 saturated carbocycles. The van der Waals surface area contributed by atoms with Gasteiger partial charge in [0.1, 0.15) is 5.78 Å². The summed E-state index contributed by atoms with van der Waals surface area (Å²) in [7, 11) is 0. The zero-order valence-electron chi connectivity index (χ0n) is 15.7. The van der Waals surface area contributed by atoms with Gasteiger partial charge >= 0.3 is 0 Å². The minimum Gasteiger partial charge on any atom is -0.300 e. The quantitative estimate of drug-likeness (QED) is 0.781. The van der Waals surface area contributed by atoms with E-state index in [-0.39, 0.29) is 5.92 Å². The number of hydrogen-bond acceptors (Lipinski definition) is 3. The summed E-state index contributed by atoms with van der Waals surface area (Å²) in [4.78, 5) is 13.7. The van der Waals surface area contributed by atoms with Gasteiger partial charge in [-0.25, -0.2) is 0 Å². The van der Waals surface area contributed by atoms with Crippen molar-refractivity contribution >= 4 is 5.78 Å². The number of piperidine rings is 1. The zero-order chi connectivity index (χ0) is 18.6. The Morgan fingerprint density at radius 1 is 1.00 bits per heavy atom. The number of hydrogen-bond donors (Lipinski definition) is 0. The van der Waals surface area contributed by atoms with Gasteiger partial charge in [-0.05, 0) is 54.5 Å². The van der Waals surface area contributed by atoms with Crippen molar-refractivity contribution in [2.75, 3.05) is 13.1 Å². The summed E-state index contributed by atoms with van der Waals surface area (Å²) in [5, 5.41) is 9.66. The first-order valence-electron chi connectivity index (χ1n) is 10.0. The maximum absolute atomic E-state index is 11.2. The van der Waals surface area contributed by atoms with E-state index >= 15 is 0 Å². The Kier molecular flexibility index (Phi) is 5.36. The molecule has 1 unspecified atom stereocenters. The Labute approximate surface area is 161 Å². The minimum absolute atomic E-state index is 0.0119. The first kappa shape index (κ1) is 17.9. The number of nitriles is 1. The molecule has 0 N–H and O–H groups in total. The van der Waals surface area contributed by atoms with Crippen molar-refractivity contribution in [3.63, 3.8) is 0 Å². The van der Waals surface area contributed by atoms with Crippen LogP contribution in [0.1, 0.15) is 54.2 Å². The van der Waals surface area contributed by atoms with Crippen molar-refractivity contribution in [2.45, 2.75) is 44.1 Å². The number of likely N-dealkylation sites (tertiary alicyclic amines) is 1. The van der Waals surface area contributed by atoms with Crippen LogP contribution in [0.2, 0.25) is 0 Å². The summed E-state index contributed by atoms with van der Waals surface area (Å²) < 4.78 is 0. The molecular formula is C24H26N2O. The Balaban J connectivity index is 1.30. The Bertz CT molecular complexity index is 806. The van der Waals surface area contributed by atoms with Crippen molar-refractivity contribution in [3.8, 4) is 6.07 Å². The topological polar surface area (TPSA) is 44.1 Å². The van der Waals surface area contributed by atoms with Gasteiger partial charge in [-0.15, -0.1) is 0 Å². The second-order valence-electron chi connectivity index (χ2n) is 8.02. The summed E-state index contributed by atoms with van der Waals surface area (Å²) in [5.74, 6) is 1.30. The number of carbonyl (C=O) groups is 1. The summed E-state index contributed by atoms with van der Waals surface area (Å²) in [6.45, 7) is 3.07. The lowest BCUT2D eigenvalue weighted by Crippen LogP contribution is -2.35. The standard InChI is InChI=1S/C24H26N2O/c25-16-24(20-4-2-1-3-5-20)21-10-12-26(13-11-21)17-18-6-8-19(9-7-18)22-14-23(27)15-22/h1-9,21-22,24H,10-15,17H2. The van der Waals surface area contributed by atoms with E-state index in [4.69, 9.17) is 0 Å². The lowest BCUT2D eigenvalue weighted by Gasteiger charge is -2.34. The van der Waals surface area contributed by atoms with Gasteiger partial charge in [0.05, 0.1) is 12.0 Å². The van der Waals surface area contributed by atoms with E-state index in [1.54, 1.807) is 0 Å². The Morgan fingerprint density at radius 3 is 2.26 bits per heavy atom. The molecular weight excluding hydrogens is 332 g/mol. The molecule has 1 aliphatic carbocycles. The van der Waals surface area contributed by atoms with Gasteiger partial charge in [-0.2, -0.15) is 5.26 Å². The fourth-order valence-corrected chi connectivity index (χ4v) is 4.44. The monoisotopic (exact) mass is 358 g/mol. The maximum Gasteiger partial charge on any atom is 0.134 e. The van der Waals surface area contributed by atoms with Gasteiger partial charge in [0.2, 0.25) is 0 Å². The zero-order valence-corrected chi connectivity index (χ0v) is 15.7. The number of nitrogens with zero attached hydrogens (tertiary/aromatic N) is 2. The highest BCUT2D eigenvalue weighted by molar-refractivity contribution is 5.86. The fraction of sp³-hybridized carbons (Fsp3) is 0.417.